The lowest BCUT2D eigenvalue weighted by Gasteiger charge is -2.39. The molecule has 5 N–H and O–H groups in total. The van der Waals surface area contributed by atoms with Gasteiger partial charge in [0.2, 0.25) is 0 Å². The molecule has 0 aromatic heterocycles. The molecule has 1 aliphatic rings. The Labute approximate surface area is 154 Å². The van der Waals surface area contributed by atoms with Crippen LogP contribution in [0, 0.1) is 0 Å². The predicted molar refractivity (Wildman–Crippen MR) is 90.4 cm³/mol. The minimum absolute atomic E-state index is 0.0247. The Morgan fingerprint density at radius 2 is 1.77 bits per heavy atom. The second-order valence-corrected chi connectivity index (χ2v) is 9.97. The van der Waals surface area contributed by atoms with E-state index >= 15 is 0 Å². The molecule has 0 aromatic rings. The van der Waals surface area contributed by atoms with E-state index in [4.69, 9.17) is 14.4 Å². The Balaban J connectivity index is 2.88. The molecule has 5 atom stereocenters. The minimum atomic E-state index is -4.91. The van der Waals surface area contributed by atoms with Crippen molar-refractivity contribution in [2.24, 2.45) is 5.16 Å². The van der Waals surface area contributed by atoms with Gasteiger partial charge in [0.1, 0.15) is 44.7 Å². The summed E-state index contributed by atoms with van der Waals surface area (Å²) in [6, 6.07) is 0. The van der Waals surface area contributed by atoms with Crippen LogP contribution in [0.3, 0.4) is 0 Å². The van der Waals surface area contributed by atoms with Crippen LogP contribution in [0.1, 0.15) is 12.8 Å². The third kappa shape index (κ3) is 8.01. The zero-order valence-corrected chi connectivity index (χ0v) is 16.0. The van der Waals surface area contributed by atoms with Crippen LogP contribution in [-0.4, -0.2) is 95.3 Å². The maximum absolute atomic E-state index is 11.2. The van der Waals surface area contributed by atoms with Gasteiger partial charge < -0.3 is 25.2 Å². The number of rotatable bonds is 8. The van der Waals surface area contributed by atoms with Crippen LogP contribution in [0.5, 0.6) is 0 Å². The fourth-order valence-corrected chi connectivity index (χ4v) is 4.01. The Hall–Kier alpha value is -0.520. The van der Waals surface area contributed by atoms with E-state index in [0.29, 0.717) is 11.8 Å². The fourth-order valence-electron chi connectivity index (χ4n) is 2.00. The highest BCUT2D eigenvalue weighted by Gasteiger charge is 2.44. The van der Waals surface area contributed by atoms with Gasteiger partial charge in [-0.2, -0.15) is 8.42 Å². The number of aliphatic hydroxyl groups is 4. The molecule has 0 aromatic carbocycles. The van der Waals surface area contributed by atoms with Crippen molar-refractivity contribution in [1.82, 2.24) is 0 Å². The third-order valence-electron chi connectivity index (χ3n) is 3.24. The average Bonchev–Trinajstić information content (AvgIpc) is 2.50. The molecule has 0 spiro atoms. The van der Waals surface area contributed by atoms with E-state index in [0.717, 1.165) is 6.26 Å². The van der Waals surface area contributed by atoms with Crippen LogP contribution >= 0.6 is 11.8 Å². The molecule has 1 fully saturated rings. The van der Waals surface area contributed by atoms with Crippen molar-refractivity contribution in [3.8, 4) is 0 Å². The number of nitrogens with zero attached hydrogens (tertiary/aromatic N) is 1. The lowest BCUT2D eigenvalue weighted by molar-refractivity contribution is -0.205. The van der Waals surface area contributed by atoms with E-state index in [9.17, 15) is 32.2 Å². The SMILES string of the molecule is CS(=O)(=O)CCC/C(=N\OS(=O)(=O)O)S[C@@H]1O[C@@H](CO)[C@@H](O)[C@@H](O)[C@H]1O. The van der Waals surface area contributed by atoms with E-state index in [2.05, 4.69) is 9.44 Å². The first-order valence-corrected chi connectivity index (χ1v) is 11.5. The maximum Gasteiger partial charge on any atom is 0.466 e. The van der Waals surface area contributed by atoms with Crippen molar-refractivity contribution in [1.29, 1.82) is 0 Å². The maximum atomic E-state index is 11.2. The summed E-state index contributed by atoms with van der Waals surface area (Å²) in [4.78, 5) is 0. The molecule has 154 valence electrons. The molecular weight excluding hydrogens is 418 g/mol. The second-order valence-electron chi connectivity index (χ2n) is 5.54. The highest BCUT2D eigenvalue weighted by atomic mass is 32.3. The van der Waals surface area contributed by atoms with E-state index in [1.165, 1.54) is 0 Å². The van der Waals surface area contributed by atoms with Crippen molar-refractivity contribution < 1.29 is 50.8 Å². The number of aliphatic hydroxyl groups excluding tert-OH is 4. The Morgan fingerprint density at radius 3 is 2.27 bits per heavy atom. The molecule has 0 radical (unpaired) electrons. The van der Waals surface area contributed by atoms with Crippen LogP contribution in [0.25, 0.3) is 0 Å². The van der Waals surface area contributed by atoms with Crippen LogP contribution in [0.2, 0.25) is 0 Å². The smallest absolute Gasteiger partial charge is 0.394 e. The van der Waals surface area contributed by atoms with Gasteiger partial charge in [-0.3, -0.25) is 4.55 Å². The predicted octanol–water partition coefficient (Wildman–Crippen LogP) is -2.52. The normalized spacial score (nSPS) is 31.0. The van der Waals surface area contributed by atoms with Gasteiger partial charge in [-0.05, 0) is 6.42 Å². The third-order valence-corrected chi connectivity index (χ3v) is 5.71. The number of oxime groups is 1. The molecule has 26 heavy (non-hydrogen) atoms. The van der Waals surface area contributed by atoms with Crippen molar-refractivity contribution in [2.75, 3.05) is 18.6 Å². The first-order chi connectivity index (χ1) is 11.8. The minimum Gasteiger partial charge on any atom is -0.394 e. The number of sulfone groups is 1. The summed E-state index contributed by atoms with van der Waals surface area (Å²) in [5.74, 6) is -0.243. The van der Waals surface area contributed by atoms with Gasteiger partial charge in [-0.25, -0.2) is 12.7 Å². The van der Waals surface area contributed by atoms with Crippen LogP contribution in [-0.2, 0) is 29.3 Å². The van der Waals surface area contributed by atoms with Gasteiger partial charge in [0.25, 0.3) is 0 Å². The summed E-state index contributed by atoms with van der Waals surface area (Å²) in [7, 11) is -8.21. The molecule has 1 aliphatic heterocycles. The summed E-state index contributed by atoms with van der Waals surface area (Å²) in [5.41, 5.74) is -1.27. The van der Waals surface area contributed by atoms with E-state index in [1.54, 1.807) is 0 Å². The van der Waals surface area contributed by atoms with Crippen molar-refractivity contribution in [3.05, 3.63) is 0 Å². The quantitative estimate of drug-likeness (QED) is 0.115. The van der Waals surface area contributed by atoms with Gasteiger partial charge in [-0.15, -0.1) is 0 Å². The van der Waals surface area contributed by atoms with Crippen molar-refractivity contribution >= 4 is 37.0 Å². The summed E-state index contributed by atoms with van der Waals surface area (Å²) < 4.78 is 61.4. The molecule has 0 amide bonds. The monoisotopic (exact) mass is 439 g/mol. The molecule has 15 heteroatoms. The van der Waals surface area contributed by atoms with Crippen LogP contribution in [0.15, 0.2) is 5.16 Å². The summed E-state index contributed by atoms with van der Waals surface area (Å²) >= 11 is 0.590. The molecule has 1 saturated heterocycles. The lowest BCUT2D eigenvalue weighted by atomic mass is 10.0. The molecule has 0 saturated carbocycles. The van der Waals surface area contributed by atoms with Gasteiger partial charge in [0, 0.05) is 12.7 Å². The van der Waals surface area contributed by atoms with Crippen LogP contribution in [0.4, 0.5) is 0 Å². The number of thioether (sulfide) groups is 1. The number of ether oxygens (including phenoxy) is 1. The molecule has 0 aliphatic carbocycles. The van der Waals surface area contributed by atoms with Gasteiger partial charge in [0.15, 0.2) is 0 Å². The molecule has 0 unspecified atom stereocenters. The summed E-state index contributed by atoms with van der Waals surface area (Å²) in [6.45, 7) is -0.663. The number of hydrogen-bond acceptors (Lipinski definition) is 12. The largest absolute Gasteiger partial charge is 0.466 e. The highest BCUT2D eigenvalue weighted by molar-refractivity contribution is 8.14. The lowest BCUT2D eigenvalue weighted by Crippen LogP contribution is -2.57. The number of hydrogen-bond donors (Lipinski definition) is 5. The molecule has 0 bridgehead atoms. The first kappa shape index (κ1) is 23.5. The average molecular weight is 439 g/mol. The second kappa shape index (κ2) is 9.61. The van der Waals surface area contributed by atoms with E-state index < -0.39 is 56.7 Å². The molecular formula is C11H21NO11S3. The van der Waals surface area contributed by atoms with Gasteiger partial charge >= 0.3 is 10.4 Å². The summed E-state index contributed by atoms with van der Waals surface area (Å²) in [6.07, 6.45) is -5.12. The van der Waals surface area contributed by atoms with Crippen molar-refractivity contribution in [2.45, 2.75) is 42.7 Å². The molecule has 12 nitrogen and oxygen atoms in total. The zero-order chi connectivity index (χ0) is 20.1. The fraction of sp³-hybridized carbons (Fsp3) is 0.909. The molecule has 1 heterocycles. The zero-order valence-electron chi connectivity index (χ0n) is 13.6. The molecule has 1 rings (SSSR count). The Bertz CT molecular complexity index is 690. The van der Waals surface area contributed by atoms with Gasteiger partial charge in [-0.1, -0.05) is 16.9 Å². The van der Waals surface area contributed by atoms with Crippen LogP contribution < -0.4 is 0 Å². The van der Waals surface area contributed by atoms with Gasteiger partial charge in [0.05, 0.1) is 12.4 Å². The summed E-state index contributed by atoms with van der Waals surface area (Å²) in [5, 5.41) is 41.6. The topological polar surface area (TPSA) is 200 Å². The Morgan fingerprint density at radius 1 is 1.15 bits per heavy atom. The van der Waals surface area contributed by atoms with E-state index in [1.807, 2.05) is 0 Å². The van der Waals surface area contributed by atoms with Crippen molar-refractivity contribution in [3.63, 3.8) is 0 Å². The van der Waals surface area contributed by atoms with E-state index in [-0.39, 0.29) is 23.6 Å². The Kier molecular flexibility index (Phi) is 8.69. The first-order valence-electron chi connectivity index (χ1n) is 7.22. The standard InChI is InChI=1S/C11H21NO11S3/c1-25(17,18)4-2-3-7(12-23-26(19,20)21)24-11-10(16)9(15)8(14)6(5-13)22-11/h6,8-11,13-16H,2-5H2,1H3,(H,19,20,21)/b12-7+/t6-,8+,9+,10+,11-/m0/s1. The highest BCUT2D eigenvalue weighted by Crippen LogP contribution is 2.30.